The van der Waals surface area contributed by atoms with Gasteiger partial charge < -0.3 is 10.6 Å². The maximum Gasteiger partial charge on any atom is 0.273 e. The van der Waals surface area contributed by atoms with Gasteiger partial charge in [0, 0.05) is 7.05 Å². The summed E-state index contributed by atoms with van der Waals surface area (Å²) in [6, 6.07) is 3.31. The van der Waals surface area contributed by atoms with Crippen LogP contribution in [0.4, 0.5) is 10.7 Å². The summed E-state index contributed by atoms with van der Waals surface area (Å²) in [7, 11) is 1.47. The van der Waals surface area contributed by atoms with Crippen LogP contribution in [0.15, 0.2) is 23.1 Å². The molecule has 2 aromatic rings. The molecule has 3 N–H and O–H groups in total. The van der Waals surface area contributed by atoms with Crippen LogP contribution in [-0.2, 0) is 0 Å². The molecule has 0 saturated carbocycles. The van der Waals surface area contributed by atoms with Crippen molar-refractivity contribution in [1.82, 2.24) is 14.7 Å². The second-order valence-corrected chi connectivity index (χ2v) is 4.51. The molecular weight excluding hydrogens is 276 g/mol. The standard InChI is InChI=1S/C10H9ClN4O2S/c1-12-8(16)7-9(17)15-18-10(7)14-5-2-3-6(11)13-4-5/h2-4,14H,1H3,(H,12,16)(H,15,17). The maximum atomic E-state index is 11.6. The summed E-state index contributed by atoms with van der Waals surface area (Å²) in [5, 5.41) is 6.16. The van der Waals surface area contributed by atoms with Crippen LogP contribution in [0.25, 0.3) is 0 Å². The third kappa shape index (κ3) is 2.52. The van der Waals surface area contributed by atoms with Gasteiger partial charge in [-0.2, -0.15) is 0 Å². The van der Waals surface area contributed by atoms with Gasteiger partial charge in [-0.15, -0.1) is 0 Å². The number of carbonyl (C=O) groups excluding carboxylic acids is 1. The number of aromatic amines is 1. The highest BCUT2D eigenvalue weighted by Gasteiger charge is 2.17. The zero-order chi connectivity index (χ0) is 13.1. The number of rotatable bonds is 3. The lowest BCUT2D eigenvalue weighted by Gasteiger charge is -2.04. The lowest BCUT2D eigenvalue weighted by Crippen LogP contribution is -2.24. The van der Waals surface area contributed by atoms with Crippen molar-refractivity contribution >= 4 is 39.7 Å². The van der Waals surface area contributed by atoms with E-state index in [1.165, 1.54) is 13.2 Å². The number of halogens is 1. The first-order valence-electron chi connectivity index (χ1n) is 4.94. The van der Waals surface area contributed by atoms with E-state index in [-0.39, 0.29) is 5.56 Å². The van der Waals surface area contributed by atoms with E-state index < -0.39 is 11.5 Å². The average molecular weight is 285 g/mol. The monoisotopic (exact) mass is 284 g/mol. The largest absolute Gasteiger partial charge is 0.355 e. The van der Waals surface area contributed by atoms with E-state index in [4.69, 9.17) is 11.6 Å². The van der Waals surface area contributed by atoms with Gasteiger partial charge in [0.25, 0.3) is 11.5 Å². The molecule has 2 rings (SSSR count). The SMILES string of the molecule is CNC(=O)c1c(Nc2ccc(Cl)nc2)s[nH]c1=O. The van der Waals surface area contributed by atoms with Crippen LogP contribution in [0.1, 0.15) is 10.4 Å². The first kappa shape index (κ1) is 12.6. The van der Waals surface area contributed by atoms with Crippen LogP contribution in [0.2, 0.25) is 5.15 Å². The number of pyridine rings is 1. The van der Waals surface area contributed by atoms with Crippen LogP contribution in [0.5, 0.6) is 0 Å². The number of nitrogens with zero attached hydrogens (tertiary/aromatic N) is 1. The zero-order valence-electron chi connectivity index (χ0n) is 9.28. The van der Waals surface area contributed by atoms with E-state index in [0.717, 1.165) is 11.5 Å². The predicted molar refractivity (Wildman–Crippen MR) is 70.9 cm³/mol. The third-order valence-electron chi connectivity index (χ3n) is 2.14. The zero-order valence-corrected chi connectivity index (χ0v) is 10.9. The number of H-pyrrole nitrogens is 1. The summed E-state index contributed by atoms with van der Waals surface area (Å²) >= 11 is 6.72. The van der Waals surface area contributed by atoms with Crippen LogP contribution in [-0.4, -0.2) is 22.3 Å². The van der Waals surface area contributed by atoms with E-state index in [1.54, 1.807) is 12.1 Å². The molecule has 0 radical (unpaired) electrons. The van der Waals surface area contributed by atoms with Gasteiger partial charge >= 0.3 is 0 Å². The van der Waals surface area contributed by atoms with Crippen LogP contribution >= 0.6 is 23.1 Å². The van der Waals surface area contributed by atoms with Gasteiger partial charge in [0.2, 0.25) is 0 Å². The van der Waals surface area contributed by atoms with Crippen molar-refractivity contribution in [2.45, 2.75) is 0 Å². The second-order valence-electron chi connectivity index (χ2n) is 3.31. The minimum atomic E-state index is -0.443. The van der Waals surface area contributed by atoms with Gasteiger partial charge in [-0.25, -0.2) is 4.98 Å². The Labute approximate surface area is 111 Å². The number of nitrogens with one attached hydrogen (secondary N) is 3. The molecule has 0 unspecified atom stereocenters. The van der Waals surface area contributed by atoms with Crippen molar-refractivity contribution in [3.63, 3.8) is 0 Å². The summed E-state index contributed by atoms with van der Waals surface area (Å²) in [6.45, 7) is 0. The molecule has 0 fully saturated rings. The molecule has 0 bridgehead atoms. The Morgan fingerprint density at radius 1 is 1.50 bits per heavy atom. The molecule has 0 spiro atoms. The van der Waals surface area contributed by atoms with Crippen LogP contribution in [0.3, 0.4) is 0 Å². The molecule has 18 heavy (non-hydrogen) atoms. The number of amides is 1. The molecule has 8 heteroatoms. The Hall–Kier alpha value is -1.86. The van der Waals surface area contributed by atoms with E-state index in [2.05, 4.69) is 20.0 Å². The molecule has 0 saturated heterocycles. The quantitative estimate of drug-likeness (QED) is 0.747. The Balaban J connectivity index is 2.32. The fraction of sp³-hybridized carbons (Fsp3) is 0.100. The number of carbonyl (C=O) groups is 1. The fourth-order valence-corrected chi connectivity index (χ4v) is 2.17. The highest BCUT2D eigenvalue weighted by Crippen LogP contribution is 2.22. The number of anilines is 2. The Morgan fingerprint density at radius 3 is 2.89 bits per heavy atom. The van der Waals surface area contributed by atoms with Crippen molar-refractivity contribution in [2.75, 3.05) is 12.4 Å². The average Bonchev–Trinajstić information content (AvgIpc) is 2.72. The highest BCUT2D eigenvalue weighted by atomic mass is 35.5. The fourth-order valence-electron chi connectivity index (χ4n) is 1.30. The van der Waals surface area contributed by atoms with E-state index in [0.29, 0.717) is 15.8 Å². The molecule has 94 valence electrons. The number of hydrogen-bond acceptors (Lipinski definition) is 5. The normalized spacial score (nSPS) is 10.1. The van der Waals surface area contributed by atoms with E-state index >= 15 is 0 Å². The smallest absolute Gasteiger partial charge is 0.273 e. The highest BCUT2D eigenvalue weighted by molar-refractivity contribution is 7.10. The molecule has 0 aliphatic carbocycles. The molecule has 0 aliphatic rings. The Kier molecular flexibility index (Phi) is 3.63. The first-order chi connectivity index (χ1) is 8.61. The van der Waals surface area contributed by atoms with Gasteiger partial charge in [0.15, 0.2) is 0 Å². The lowest BCUT2D eigenvalue weighted by atomic mass is 10.3. The topological polar surface area (TPSA) is 86.9 Å². The first-order valence-corrected chi connectivity index (χ1v) is 6.13. The van der Waals surface area contributed by atoms with Crippen molar-refractivity contribution in [2.24, 2.45) is 0 Å². The van der Waals surface area contributed by atoms with Gasteiger partial charge in [0.1, 0.15) is 15.7 Å². The maximum absolute atomic E-state index is 11.6. The van der Waals surface area contributed by atoms with E-state index in [1.807, 2.05) is 0 Å². The van der Waals surface area contributed by atoms with Crippen LogP contribution in [0, 0.1) is 0 Å². The third-order valence-corrected chi connectivity index (χ3v) is 3.16. The Morgan fingerprint density at radius 2 is 2.28 bits per heavy atom. The van der Waals surface area contributed by atoms with Gasteiger partial charge in [-0.1, -0.05) is 11.6 Å². The minimum absolute atomic E-state index is 0.0532. The molecule has 6 nitrogen and oxygen atoms in total. The van der Waals surface area contributed by atoms with Crippen molar-refractivity contribution < 1.29 is 4.79 Å². The van der Waals surface area contributed by atoms with Gasteiger partial charge in [-0.05, 0) is 23.7 Å². The molecule has 0 aliphatic heterocycles. The molecule has 2 aromatic heterocycles. The molecule has 0 aromatic carbocycles. The van der Waals surface area contributed by atoms with Gasteiger partial charge in [0.05, 0.1) is 11.9 Å². The summed E-state index contributed by atoms with van der Waals surface area (Å²) < 4.78 is 2.50. The predicted octanol–water partition coefficient (Wildman–Crippen LogP) is 1.59. The van der Waals surface area contributed by atoms with Crippen LogP contribution < -0.4 is 16.2 Å². The Bertz CT molecular complexity index is 620. The second kappa shape index (κ2) is 5.19. The number of aromatic nitrogens is 2. The molecule has 1 amide bonds. The lowest BCUT2D eigenvalue weighted by molar-refractivity contribution is 0.0963. The van der Waals surface area contributed by atoms with Gasteiger partial charge in [-0.3, -0.25) is 14.0 Å². The van der Waals surface area contributed by atoms with E-state index in [9.17, 15) is 9.59 Å². The summed E-state index contributed by atoms with van der Waals surface area (Å²) in [5.41, 5.74) is 0.265. The number of hydrogen-bond donors (Lipinski definition) is 3. The summed E-state index contributed by atoms with van der Waals surface area (Å²) in [5.74, 6) is -0.443. The molecule has 2 heterocycles. The van der Waals surface area contributed by atoms with Crippen molar-refractivity contribution in [3.8, 4) is 0 Å². The summed E-state index contributed by atoms with van der Waals surface area (Å²) in [6.07, 6.45) is 1.51. The van der Waals surface area contributed by atoms with Crippen molar-refractivity contribution in [1.29, 1.82) is 0 Å². The molecular formula is C10H9ClN4O2S. The molecule has 0 atom stereocenters. The minimum Gasteiger partial charge on any atom is -0.355 e. The van der Waals surface area contributed by atoms with Crippen molar-refractivity contribution in [3.05, 3.63) is 39.4 Å². The summed E-state index contributed by atoms with van der Waals surface area (Å²) in [4.78, 5) is 27.0.